The Morgan fingerprint density at radius 3 is 1.71 bits per heavy atom. The van der Waals surface area contributed by atoms with Crippen LogP contribution >= 0.6 is 7.82 Å². The van der Waals surface area contributed by atoms with Crippen LogP contribution in [-0.4, -0.2) is 65.7 Å². The maximum atomic E-state index is 12.5. The SMILES string of the molecule is CC/C=C\C/C=C\C/C=C\C/C=C\C/C=C\CCCC(=O)OC[C@H](COP(=O)(O)OC[C@@H](O)CO)OC(=O)CCCCCCC/C=C\CCCC. The minimum atomic E-state index is -4.63. The monoisotopic (exact) mass is 738 g/mol. The molecule has 0 spiro atoms. The molecule has 292 valence electrons. The van der Waals surface area contributed by atoms with E-state index in [1.807, 2.05) is 12.2 Å². The van der Waals surface area contributed by atoms with E-state index in [0.717, 1.165) is 70.6 Å². The highest BCUT2D eigenvalue weighted by Crippen LogP contribution is 2.43. The van der Waals surface area contributed by atoms with E-state index in [2.05, 4.69) is 79.1 Å². The van der Waals surface area contributed by atoms with Gasteiger partial charge < -0.3 is 24.6 Å². The van der Waals surface area contributed by atoms with Gasteiger partial charge in [0.1, 0.15) is 12.7 Å². The maximum Gasteiger partial charge on any atom is 0.472 e. The third-order valence-electron chi connectivity index (χ3n) is 7.34. The van der Waals surface area contributed by atoms with Gasteiger partial charge in [-0.1, -0.05) is 119 Å². The normalized spacial score (nSPS) is 14.8. The van der Waals surface area contributed by atoms with Gasteiger partial charge >= 0.3 is 19.8 Å². The Kier molecular flexibility index (Phi) is 34.0. The Labute approximate surface area is 308 Å². The Bertz CT molecular complexity index is 1080. The van der Waals surface area contributed by atoms with Crippen molar-refractivity contribution in [2.45, 2.75) is 142 Å². The summed E-state index contributed by atoms with van der Waals surface area (Å²) in [6.07, 6.45) is 38.8. The summed E-state index contributed by atoms with van der Waals surface area (Å²) >= 11 is 0. The van der Waals surface area contributed by atoms with Gasteiger partial charge in [0, 0.05) is 12.8 Å². The fraction of sp³-hybridized carbons (Fsp3) is 0.650. The number of aliphatic hydroxyl groups excluding tert-OH is 2. The average Bonchev–Trinajstić information content (AvgIpc) is 3.12. The van der Waals surface area contributed by atoms with E-state index < -0.39 is 51.8 Å². The number of hydrogen-bond acceptors (Lipinski definition) is 9. The van der Waals surface area contributed by atoms with Crippen molar-refractivity contribution in [1.82, 2.24) is 0 Å². The van der Waals surface area contributed by atoms with Gasteiger partial charge in [0.05, 0.1) is 19.8 Å². The van der Waals surface area contributed by atoms with Crippen LogP contribution in [0.5, 0.6) is 0 Å². The predicted octanol–water partition coefficient (Wildman–Crippen LogP) is 9.33. The molecule has 51 heavy (non-hydrogen) atoms. The average molecular weight is 739 g/mol. The van der Waals surface area contributed by atoms with Gasteiger partial charge in [0.25, 0.3) is 0 Å². The Hall–Kier alpha value is -2.59. The molecule has 0 aliphatic carbocycles. The number of carbonyl (C=O) groups excluding carboxylic acids is 2. The fourth-order valence-corrected chi connectivity index (χ4v) is 5.21. The van der Waals surface area contributed by atoms with Gasteiger partial charge in [0.2, 0.25) is 0 Å². The third kappa shape index (κ3) is 35.6. The number of carbonyl (C=O) groups is 2. The highest BCUT2D eigenvalue weighted by atomic mass is 31.2. The van der Waals surface area contributed by atoms with Crippen molar-refractivity contribution in [2.24, 2.45) is 0 Å². The molecule has 0 aromatic rings. The van der Waals surface area contributed by atoms with E-state index in [1.54, 1.807) is 0 Å². The summed E-state index contributed by atoms with van der Waals surface area (Å²) in [6, 6.07) is 0. The number of rotatable bonds is 34. The molecule has 0 rings (SSSR count). The first-order chi connectivity index (χ1) is 24.7. The van der Waals surface area contributed by atoms with Crippen molar-refractivity contribution in [2.75, 3.05) is 26.4 Å². The molecule has 0 aliphatic heterocycles. The van der Waals surface area contributed by atoms with Crippen LogP contribution in [0.25, 0.3) is 0 Å². The number of ether oxygens (including phenoxy) is 2. The lowest BCUT2D eigenvalue weighted by Crippen LogP contribution is -2.29. The molecule has 10 nitrogen and oxygen atoms in total. The smallest absolute Gasteiger partial charge is 0.462 e. The number of unbranched alkanes of at least 4 members (excludes halogenated alkanes) is 8. The lowest BCUT2D eigenvalue weighted by Gasteiger charge is -2.20. The lowest BCUT2D eigenvalue weighted by atomic mass is 10.1. The summed E-state index contributed by atoms with van der Waals surface area (Å²) in [7, 11) is -4.63. The number of aliphatic hydroxyl groups is 2. The standard InChI is InChI=1S/C40H67O10P/c1-3-5-7-9-11-13-15-16-17-18-19-20-22-23-25-27-29-31-39(43)47-35-38(36-49-51(45,46)48-34-37(42)33-41)50-40(44)32-30-28-26-24-21-14-12-10-8-6-4-2/h5,7,10-13,16-17,19-20,23,25,37-38,41-42H,3-4,6,8-9,14-15,18,21-22,24,26-36H2,1-2H3,(H,45,46)/b7-5-,12-10-,13-11-,17-16-,20-19-,25-23-/t37-,38+/m0/s1. The maximum absolute atomic E-state index is 12.5. The van der Waals surface area contributed by atoms with E-state index in [0.29, 0.717) is 19.3 Å². The summed E-state index contributed by atoms with van der Waals surface area (Å²) in [5, 5.41) is 18.3. The molecule has 0 aromatic carbocycles. The van der Waals surface area contributed by atoms with Crippen molar-refractivity contribution in [3.05, 3.63) is 72.9 Å². The fourth-order valence-electron chi connectivity index (χ4n) is 4.42. The molecule has 0 saturated heterocycles. The molecule has 0 amide bonds. The van der Waals surface area contributed by atoms with Crippen LogP contribution in [0, 0.1) is 0 Å². The molecule has 3 N–H and O–H groups in total. The molecule has 0 saturated carbocycles. The number of phosphoric acid groups is 1. The van der Waals surface area contributed by atoms with Crippen LogP contribution in [0.15, 0.2) is 72.9 Å². The van der Waals surface area contributed by atoms with Crippen LogP contribution in [0.1, 0.15) is 129 Å². The van der Waals surface area contributed by atoms with Crippen molar-refractivity contribution in [3.8, 4) is 0 Å². The van der Waals surface area contributed by atoms with Crippen LogP contribution in [0.3, 0.4) is 0 Å². The summed E-state index contributed by atoms with van der Waals surface area (Å²) in [6.45, 7) is 2.11. The molecule has 0 fully saturated rings. The highest BCUT2D eigenvalue weighted by molar-refractivity contribution is 7.47. The Balaban J connectivity index is 4.48. The summed E-state index contributed by atoms with van der Waals surface area (Å²) in [5.41, 5.74) is 0. The zero-order valence-corrected chi connectivity index (χ0v) is 32.2. The van der Waals surface area contributed by atoms with Crippen LogP contribution in [-0.2, 0) is 32.7 Å². The van der Waals surface area contributed by atoms with E-state index in [-0.39, 0.29) is 19.4 Å². The van der Waals surface area contributed by atoms with Crippen LogP contribution < -0.4 is 0 Å². The summed E-state index contributed by atoms with van der Waals surface area (Å²) < 4.78 is 32.5. The number of hydrogen-bond donors (Lipinski definition) is 3. The highest BCUT2D eigenvalue weighted by Gasteiger charge is 2.27. The van der Waals surface area contributed by atoms with Crippen molar-refractivity contribution in [1.29, 1.82) is 0 Å². The second-order valence-corrected chi connectivity index (χ2v) is 13.7. The first kappa shape index (κ1) is 48.4. The molecule has 0 heterocycles. The van der Waals surface area contributed by atoms with Crippen LogP contribution in [0.4, 0.5) is 0 Å². The molecular formula is C40H67O10P. The van der Waals surface area contributed by atoms with Crippen molar-refractivity contribution < 1.29 is 47.8 Å². The van der Waals surface area contributed by atoms with Gasteiger partial charge in [-0.05, 0) is 70.6 Å². The molecule has 0 radical (unpaired) electrons. The second kappa shape index (κ2) is 35.8. The lowest BCUT2D eigenvalue weighted by molar-refractivity contribution is -0.161. The molecular weight excluding hydrogens is 671 g/mol. The molecule has 0 aliphatic rings. The molecule has 11 heteroatoms. The third-order valence-corrected chi connectivity index (χ3v) is 8.30. The first-order valence-electron chi connectivity index (χ1n) is 18.9. The minimum Gasteiger partial charge on any atom is -0.462 e. The van der Waals surface area contributed by atoms with Gasteiger partial charge in [-0.2, -0.15) is 0 Å². The van der Waals surface area contributed by atoms with Gasteiger partial charge in [-0.3, -0.25) is 18.6 Å². The topological polar surface area (TPSA) is 149 Å². The Morgan fingerprint density at radius 2 is 1.10 bits per heavy atom. The number of allylic oxidation sites excluding steroid dienone is 12. The van der Waals surface area contributed by atoms with E-state index in [1.165, 1.54) is 12.8 Å². The molecule has 1 unspecified atom stereocenters. The summed E-state index contributed by atoms with van der Waals surface area (Å²) in [4.78, 5) is 34.8. The largest absolute Gasteiger partial charge is 0.472 e. The zero-order valence-electron chi connectivity index (χ0n) is 31.3. The number of esters is 2. The van der Waals surface area contributed by atoms with Crippen LogP contribution in [0.2, 0.25) is 0 Å². The van der Waals surface area contributed by atoms with Gasteiger partial charge in [0.15, 0.2) is 6.10 Å². The first-order valence-corrected chi connectivity index (χ1v) is 20.4. The molecule has 0 aromatic heterocycles. The predicted molar refractivity (Wildman–Crippen MR) is 205 cm³/mol. The van der Waals surface area contributed by atoms with E-state index >= 15 is 0 Å². The van der Waals surface area contributed by atoms with E-state index in [4.69, 9.17) is 19.1 Å². The van der Waals surface area contributed by atoms with Crippen molar-refractivity contribution >= 4 is 19.8 Å². The molecule has 0 bridgehead atoms. The quantitative estimate of drug-likeness (QED) is 0.0252. The number of phosphoric ester groups is 1. The van der Waals surface area contributed by atoms with Crippen molar-refractivity contribution in [3.63, 3.8) is 0 Å². The molecule has 3 atom stereocenters. The van der Waals surface area contributed by atoms with Gasteiger partial charge in [-0.15, -0.1) is 0 Å². The second-order valence-electron chi connectivity index (χ2n) is 12.2. The van der Waals surface area contributed by atoms with Gasteiger partial charge in [-0.25, -0.2) is 4.57 Å². The van der Waals surface area contributed by atoms with E-state index in [9.17, 15) is 24.2 Å². The summed E-state index contributed by atoms with van der Waals surface area (Å²) in [5.74, 6) is -1.01. The Morgan fingerprint density at radius 1 is 0.608 bits per heavy atom. The zero-order chi connectivity index (χ0) is 37.7. The minimum absolute atomic E-state index is 0.157.